The smallest absolute Gasteiger partial charge is 0.248 e. The number of imide groups is 1. The van der Waals surface area contributed by atoms with E-state index in [1.807, 2.05) is 30.3 Å². The number of likely N-dealkylation sites (tertiary alicyclic amines) is 1. The van der Waals surface area contributed by atoms with Crippen molar-refractivity contribution in [3.8, 4) is 0 Å². The van der Waals surface area contributed by atoms with Crippen molar-refractivity contribution in [3.05, 3.63) is 76.3 Å². The SMILES string of the molecule is O=C(Nc1ccc(Cl)cc1Cl)[C@H](Cc1ccccc1)N1C(=O)[C@H]2[C@H](C1=O)[C@H]1C=C[C@H]2CC1. The van der Waals surface area contributed by atoms with Gasteiger partial charge >= 0.3 is 0 Å². The Morgan fingerprint density at radius 3 is 2.16 bits per heavy atom. The van der Waals surface area contributed by atoms with Crippen LogP contribution in [0.2, 0.25) is 10.0 Å². The molecule has 2 bridgehead atoms. The molecule has 7 heteroatoms. The van der Waals surface area contributed by atoms with Crippen molar-refractivity contribution in [1.82, 2.24) is 4.90 Å². The zero-order chi connectivity index (χ0) is 22.4. The zero-order valence-electron chi connectivity index (χ0n) is 17.2. The third-order valence-electron chi connectivity index (χ3n) is 6.87. The predicted octanol–water partition coefficient (Wildman–Crippen LogP) is 4.74. The third kappa shape index (κ3) is 3.63. The topological polar surface area (TPSA) is 66.5 Å². The van der Waals surface area contributed by atoms with Gasteiger partial charge in [0, 0.05) is 11.4 Å². The van der Waals surface area contributed by atoms with Crippen molar-refractivity contribution in [1.29, 1.82) is 0 Å². The van der Waals surface area contributed by atoms with Crippen molar-refractivity contribution < 1.29 is 14.4 Å². The molecule has 2 fully saturated rings. The average molecular weight is 469 g/mol. The quantitative estimate of drug-likeness (QED) is 0.508. The summed E-state index contributed by atoms with van der Waals surface area (Å²) in [6, 6.07) is 13.2. The van der Waals surface area contributed by atoms with E-state index in [4.69, 9.17) is 23.2 Å². The molecule has 1 N–H and O–H groups in total. The largest absolute Gasteiger partial charge is 0.323 e. The van der Waals surface area contributed by atoms with Gasteiger partial charge < -0.3 is 5.32 Å². The maximum atomic E-state index is 13.5. The normalized spacial score (nSPS) is 26.9. The summed E-state index contributed by atoms with van der Waals surface area (Å²) in [5.74, 6) is -1.52. The fourth-order valence-electron chi connectivity index (χ4n) is 5.35. The monoisotopic (exact) mass is 468 g/mol. The second-order valence-corrected chi connectivity index (χ2v) is 9.55. The zero-order valence-corrected chi connectivity index (χ0v) is 18.7. The van der Waals surface area contributed by atoms with Crippen LogP contribution in [-0.4, -0.2) is 28.7 Å². The number of carbonyl (C=O) groups is 3. The molecule has 5 atom stereocenters. The summed E-state index contributed by atoms with van der Waals surface area (Å²) in [4.78, 5) is 41.6. The first-order valence-corrected chi connectivity index (χ1v) is 11.5. The number of benzene rings is 2. The van der Waals surface area contributed by atoms with Crippen molar-refractivity contribution in [2.45, 2.75) is 25.3 Å². The highest BCUT2D eigenvalue weighted by Crippen LogP contribution is 2.50. The Morgan fingerprint density at radius 2 is 1.59 bits per heavy atom. The molecule has 164 valence electrons. The Bertz CT molecular complexity index is 1090. The fourth-order valence-corrected chi connectivity index (χ4v) is 5.81. The fraction of sp³-hybridized carbons (Fsp3) is 0.320. The third-order valence-corrected chi connectivity index (χ3v) is 7.42. The van der Waals surface area contributed by atoms with Gasteiger partial charge in [0.05, 0.1) is 22.5 Å². The lowest BCUT2D eigenvalue weighted by molar-refractivity contribution is -0.146. The van der Waals surface area contributed by atoms with Gasteiger partial charge in [-0.3, -0.25) is 19.3 Å². The number of amides is 3. The first-order valence-electron chi connectivity index (χ1n) is 10.8. The van der Waals surface area contributed by atoms with Crippen molar-refractivity contribution in [2.75, 3.05) is 5.32 Å². The Morgan fingerprint density at radius 1 is 0.969 bits per heavy atom. The lowest BCUT2D eigenvalue weighted by Gasteiger charge is -2.38. The van der Waals surface area contributed by atoms with Gasteiger partial charge in [0.25, 0.3) is 0 Å². The summed E-state index contributed by atoms with van der Waals surface area (Å²) < 4.78 is 0. The van der Waals surface area contributed by atoms with E-state index >= 15 is 0 Å². The lowest BCUT2D eigenvalue weighted by atomic mass is 9.63. The predicted molar refractivity (Wildman–Crippen MR) is 123 cm³/mol. The molecule has 1 saturated heterocycles. The van der Waals surface area contributed by atoms with Gasteiger partial charge in [0.1, 0.15) is 6.04 Å². The summed E-state index contributed by atoms with van der Waals surface area (Å²) in [6.45, 7) is 0. The van der Waals surface area contributed by atoms with Crippen molar-refractivity contribution in [3.63, 3.8) is 0 Å². The molecule has 0 spiro atoms. The van der Waals surface area contributed by atoms with Crippen LogP contribution in [-0.2, 0) is 20.8 Å². The van der Waals surface area contributed by atoms with Crippen LogP contribution in [0, 0.1) is 23.7 Å². The van der Waals surface area contributed by atoms with Gasteiger partial charge in [-0.1, -0.05) is 65.7 Å². The van der Waals surface area contributed by atoms with E-state index in [9.17, 15) is 14.4 Å². The van der Waals surface area contributed by atoms with Gasteiger partial charge in [-0.15, -0.1) is 0 Å². The van der Waals surface area contributed by atoms with Gasteiger partial charge in [0.15, 0.2) is 0 Å². The maximum Gasteiger partial charge on any atom is 0.248 e. The molecule has 0 radical (unpaired) electrons. The van der Waals surface area contributed by atoms with E-state index in [1.54, 1.807) is 12.1 Å². The first kappa shape index (κ1) is 21.2. The molecule has 6 rings (SSSR count). The van der Waals surface area contributed by atoms with Gasteiger partial charge in [-0.2, -0.15) is 0 Å². The molecule has 5 nitrogen and oxygen atoms in total. The number of nitrogens with one attached hydrogen (secondary N) is 1. The van der Waals surface area contributed by atoms with E-state index < -0.39 is 11.9 Å². The summed E-state index contributed by atoms with van der Waals surface area (Å²) in [7, 11) is 0. The molecular formula is C25H22Cl2N2O3. The Kier molecular flexibility index (Phi) is 5.56. The molecule has 1 aliphatic heterocycles. The van der Waals surface area contributed by atoms with Crippen LogP contribution in [0.25, 0.3) is 0 Å². The summed E-state index contributed by atoms with van der Waals surface area (Å²) in [5, 5.41) is 3.54. The second-order valence-electron chi connectivity index (χ2n) is 8.71. The van der Waals surface area contributed by atoms with Gasteiger partial charge in [-0.05, 0) is 48.4 Å². The minimum atomic E-state index is -0.964. The molecular weight excluding hydrogens is 447 g/mol. The molecule has 0 aromatic heterocycles. The van der Waals surface area contributed by atoms with Crippen LogP contribution in [0.1, 0.15) is 18.4 Å². The van der Waals surface area contributed by atoms with Crippen LogP contribution in [0.15, 0.2) is 60.7 Å². The van der Waals surface area contributed by atoms with Crippen LogP contribution in [0.4, 0.5) is 5.69 Å². The van der Waals surface area contributed by atoms with E-state index in [0.717, 1.165) is 18.4 Å². The molecule has 2 aromatic rings. The molecule has 0 unspecified atom stereocenters. The molecule has 1 saturated carbocycles. The number of allylic oxidation sites excluding steroid dienone is 2. The van der Waals surface area contributed by atoms with Crippen LogP contribution in [0.5, 0.6) is 0 Å². The number of nitrogens with zero attached hydrogens (tertiary/aromatic N) is 1. The molecule has 1 heterocycles. The standard InChI is InChI=1S/C25H22Cl2N2O3/c26-17-10-11-19(18(27)13-17)28-23(30)20(12-14-4-2-1-3-5-14)29-24(31)21-15-6-7-16(9-8-15)22(21)25(29)32/h1-7,10-11,13,15-16,20-22H,8-9,12H2,(H,28,30)/t15-,16-,20-,21+,22+/m0/s1. The number of fused-ring (bicyclic) bond motifs is 1. The summed E-state index contributed by atoms with van der Waals surface area (Å²) >= 11 is 12.2. The number of halogens is 2. The molecule has 2 aromatic carbocycles. The molecule has 32 heavy (non-hydrogen) atoms. The van der Waals surface area contributed by atoms with E-state index in [-0.39, 0.29) is 41.9 Å². The van der Waals surface area contributed by atoms with Crippen LogP contribution >= 0.6 is 23.2 Å². The highest BCUT2D eigenvalue weighted by atomic mass is 35.5. The van der Waals surface area contributed by atoms with E-state index in [1.165, 1.54) is 11.0 Å². The van der Waals surface area contributed by atoms with Crippen LogP contribution < -0.4 is 5.32 Å². The molecule has 3 aliphatic carbocycles. The summed E-state index contributed by atoms with van der Waals surface area (Å²) in [6.07, 6.45) is 6.20. The number of hydrogen-bond donors (Lipinski definition) is 1. The number of anilines is 1. The lowest BCUT2D eigenvalue weighted by Crippen LogP contribution is -2.49. The number of rotatable bonds is 5. The van der Waals surface area contributed by atoms with E-state index in [2.05, 4.69) is 17.5 Å². The molecule has 4 aliphatic rings. The Labute approximate surface area is 196 Å². The minimum absolute atomic E-state index is 0.0672. The van der Waals surface area contributed by atoms with Gasteiger partial charge in [0.2, 0.25) is 17.7 Å². The number of carbonyl (C=O) groups excluding carboxylic acids is 3. The van der Waals surface area contributed by atoms with E-state index in [0.29, 0.717) is 15.7 Å². The second kappa shape index (κ2) is 8.38. The van der Waals surface area contributed by atoms with Gasteiger partial charge in [-0.25, -0.2) is 0 Å². The Balaban J connectivity index is 1.48. The first-order chi connectivity index (χ1) is 15.4. The molecule has 3 amide bonds. The van der Waals surface area contributed by atoms with Crippen LogP contribution in [0.3, 0.4) is 0 Å². The minimum Gasteiger partial charge on any atom is -0.323 e. The average Bonchev–Trinajstić information content (AvgIpc) is 3.08. The Hall–Kier alpha value is -2.63. The number of hydrogen-bond acceptors (Lipinski definition) is 3. The maximum absolute atomic E-state index is 13.5. The van der Waals surface area contributed by atoms with Crippen molar-refractivity contribution >= 4 is 46.6 Å². The van der Waals surface area contributed by atoms with Crippen molar-refractivity contribution in [2.24, 2.45) is 23.7 Å². The summed E-state index contributed by atoms with van der Waals surface area (Å²) in [5.41, 5.74) is 1.25. The highest BCUT2D eigenvalue weighted by molar-refractivity contribution is 6.36. The highest BCUT2D eigenvalue weighted by Gasteiger charge is 2.58.